The van der Waals surface area contributed by atoms with Crippen LogP contribution in [0, 0.1) is 11.8 Å². The Labute approximate surface area is 126 Å². The Kier molecular flexibility index (Phi) is 5.27. The molecule has 0 aromatic carbocycles. The third-order valence-corrected chi connectivity index (χ3v) is 4.62. The predicted octanol–water partition coefficient (Wildman–Crippen LogP) is 5.08. The quantitative estimate of drug-likeness (QED) is 0.772. The number of hydrogen-bond acceptors (Lipinski definition) is 2. The van der Waals surface area contributed by atoms with Crippen molar-refractivity contribution < 1.29 is 4.42 Å². The molecule has 3 nitrogen and oxygen atoms in total. The molecule has 116 valence electrons. The molecule has 1 N–H and O–H groups in total. The normalized spacial score (nSPS) is 14.7. The van der Waals surface area contributed by atoms with Gasteiger partial charge in [-0.15, -0.1) is 0 Å². The van der Waals surface area contributed by atoms with Crippen LogP contribution in [0.1, 0.15) is 65.1 Å². The Balaban J connectivity index is 2.19. The Hall–Kier alpha value is -1.51. The zero-order valence-corrected chi connectivity index (χ0v) is 13.6. The maximum Gasteiger partial charge on any atom is 0.259 e. The van der Waals surface area contributed by atoms with E-state index < -0.39 is 0 Å². The number of H-pyrrole nitrogens is 1. The van der Waals surface area contributed by atoms with Crippen molar-refractivity contribution in [1.29, 1.82) is 0 Å². The van der Waals surface area contributed by atoms with Gasteiger partial charge in [0.2, 0.25) is 0 Å². The summed E-state index contributed by atoms with van der Waals surface area (Å²) in [5.74, 6) is 2.82. The summed E-state index contributed by atoms with van der Waals surface area (Å²) in [5.41, 5.74) is 0.639. The van der Waals surface area contributed by atoms with Gasteiger partial charge in [-0.25, -0.2) is 0 Å². The zero-order valence-electron chi connectivity index (χ0n) is 13.6. The lowest BCUT2D eigenvalue weighted by molar-refractivity contribution is 0.347. The molecular formula is C18H27NO2. The maximum absolute atomic E-state index is 11.8. The molecule has 21 heavy (non-hydrogen) atoms. The van der Waals surface area contributed by atoms with Crippen LogP contribution in [0.2, 0.25) is 0 Å². The Bertz CT molecular complexity index is 623. The summed E-state index contributed by atoms with van der Waals surface area (Å²) in [6, 6.07) is 3.77. The van der Waals surface area contributed by atoms with Gasteiger partial charge < -0.3 is 9.40 Å². The summed E-state index contributed by atoms with van der Waals surface area (Å²) in [6.45, 7) is 9.08. The first-order valence-corrected chi connectivity index (χ1v) is 8.14. The van der Waals surface area contributed by atoms with E-state index in [0.717, 1.165) is 30.9 Å². The van der Waals surface area contributed by atoms with Crippen LogP contribution >= 0.6 is 0 Å². The molecule has 0 saturated carbocycles. The molecule has 0 aliphatic rings. The molecule has 2 atom stereocenters. The molecule has 0 fully saturated rings. The van der Waals surface area contributed by atoms with Crippen molar-refractivity contribution in [2.75, 3.05) is 0 Å². The molecule has 2 unspecified atom stereocenters. The molecule has 3 heteroatoms. The molecule has 0 radical (unpaired) electrons. The second-order valence-corrected chi connectivity index (χ2v) is 6.52. The van der Waals surface area contributed by atoms with E-state index in [1.54, 1.807) is 6.20 Å². The van der Waals surface area contributed by atoms with Gasteiger partial charge in [0.05, 0.1) is 5.39 Å². The number of fused-ring (bicyclic) bond motifs is 1. The highest BCUT2D eigenvalue weighted by Gasteiger charge is 2.18. The number of nitrogens with one attached hydrogen (secondary N) is 1. The molecule has 2 heterocycles. The van der Waals surface area contributed by atoms with Crippen molar-refractivity contribution >= 4 is 11.0 Å². The van der Waals surface area contributed by atoms with Gasteiger partial charge in [0, 0.05) is 12.1 Å². The highest BCUT2D eigenvalue weighted by atomic mass is 16.3. The van der Waals surface area contributed by atoms with Gasteiger partial charge in [-0.1, -0.05) is 34.1 Å². The van der Waals surface area contributed by atoms with Gasteiger partial charge in [-0.3, -0.25) is 4.79 Å². The van der Waals surface area contributed by atoms with E-state index >= 15 is 0 Å². The summed E-state index contributed by atoms with van der Waals surface area (Å²) in [7, 11) is 0. The Morgan fingerprint density at radius 1 is 1.19 bits per heavy atom. The summed E-state index contributed by atoms with van der Waals surface area (Å²) in [4.78, 5) is 14.5. The van der Waals surface area contributed by atoms with Crippen molar-refractivity contribution in [3.63, 3.8) is 0 Å². The SMILES string of the molecule is CCCC(CCC(C)C(C)C)c1cc2c(=O)[nH]ccc2o1. The van der Waals surface area contributed by atoms with Gasteiger partial charge in [0.15, 0.2) is 0 Å². The van der Waals surface area contributed by atoms with E-state index in [-0.39, 0.29) is 5.56 Å². The van der Waals surface area contributed by atoms with E-state index in [4.69, 9.17) is 4.42 Å². The van der Waals surface area contributed by atoms with Crippen LogP contribution < -0.4 is 5.56 Å². The van der Waals surface area contributed by atoms with Gasteiger partial charge >= 0.3 is 0 Å². The fraction of sp³-hybridized carbons (Fsp3) is 0.611. The average Bonchev–Trinajstić information content (AvgIpc) is 2.88. The topological polar surface area (TPSA) is 46.0 Å². The van der Waals surface area contributed by atoms with Crippen LogP contribution in [-0.4, -0.2) is 4.98 Å². The molecule has 0 bridgehead atoms. The minimum Gasteiger partial charge on any atom is -0.461 e. The number of aromatic nitrogens is 1. The highest BCUT2D eigenvalue weighted by Crippen LogP contribution is 2.32. The Morgan fingerprint density at radius 3 is 2.57 bits per heavy atom. The van der Waals surface area contributed by atoms with Crippen LogP contribution in [0.15, 0.2) is 27.5 Å². The number of furan rings is 1. The van der Waals surface area contributed by atoms with Crippen LogP contribution in [0.3, 0.4) is 0 Å². The fourth-order valence-corrected chi connectivity index (χ4v) is 2.77. The van der Waals surface area contributed by atoms with E-state index in [1.807, 2.05) is 12.1 Å². The number of pyridine rings is 1. The fourth-order valence-electron chi connectivity index (χ4n) is 2.77. The lowest BCUT2D eigenvalue weighted by atomic mass is 9.87. The van der Waals surface area contributed by atoms with Gasteiger partial charge in [-0.2, -0.15) is 0 Å². The van der Waals surface area contributed by atoms with Gasteiger partial charge in [0.25, 0.3) is 5.56 Å². The summed E-state index contributed by atoms with van der Waals surface area (Å²) < 4.78 is 5.94. The van der Waals surface area contributed by atoms with E-state index in [9.17, 15) is 4.79 Å². The minimum atomic E-state index is -0.0618. The summed E-state index contributed by atoms with van der Waals surface area (Å²) in [6.07, 6.45) is 6.23. The van der Waals surface area contributed by atoms with Crippen molar-refractivity contribution in [3.8, 4) is 0 Å². The molecule has 0 aliphatic carbocycles. The van der Waals surface area contributed by atoms with Crippen molar-refractivity contribution in [3.05, 3.63) is 34.4 Å². The monoisotopic (exact) mass is 289 g/mol. The molecular weight excluding hydrogens is 262 g/mol. The second kappa shape index (κ2) is 6.97. The average molecular weight is 289 g/mol. The first kappa shape index (κ1) is 15.9. The van der Waals surface area contributed by atoms with Gasteiger partial charge in [0.1, 0.15) is 11.3 Å². The van der Waals surface area contributed by atoms with Gasteiger partial charge in [-0.05, 0) is 43.2 Å². The lowest BCUT2D eigenvalue weighted by Crippen LogP contribution is -2.07. The smallest absolute Gasteiger partial charge is 0.259 e. The molecule has 2 rings (SSSR count). The van der Waals surface area contributed by atoms with Crippen LogP contribution in [-0.2, 0) is 0 Å². The highest BCUT2D eigenvalue weighted by molar-refractivity contribution is 5.76. The largest absolute Gasteiger partial charge is 0.461 e. The summed E-state index contributed by atoms with van der Waals surface area (Å²) >= 11 is 0. The van der Waals surface area contributed by atoms with E-state index in [1.165, 1.54) is 6.42 Å². The maximum atomic E-state index is 11.8. The minimum absolute atomic E-state index is 0.0618. The van der Waals surface area contributed by atoms with E-state index in [0.29, 0.717) is 22.8 Å². The number of hydrogen-bond donors (Lipinski definition) is 1. The van der Waals surface area contributed by atoms with Crippen molar-refractivity contribution in [2.45, 2.75) is 59.3 Å². The number of rotatable bonds is 7. The predicted molar refractivity (Wildman–Crippen MR) is 87.7 cm³/mol. The van der Waals surface area contributed by atoms with Crippen molar-refractivity contribution in [2.24, 2.45) is 11.8 Å². The molecule has 0 amide bonds. The van der Waals surface area contributed by atoms with Crippen LogP contribution in [0.5, 0.6) is 0 Å². The molecule has 0 spiro atoms. The first-order chi connectivity index (χ1) is 10.0. The Morgan fingerprint density at radius 2 is 1.95 bits per heavy atom. The molecule has 0 aliphatic heterocycles. The summed E-state index contributed by atoms with van der Waals surface area (Å²) in [5, 5.41) is 0.672. The standard InChI is InChI=1S/C18H27NO2/c1-5-6-14(8-7-13(4)12(2)3)17-11-15-16(21-17)9-10-19-18(15)20/h9-14H,5-8H2,1-4H3,(H,19,20). The lowest BCUT2D eigenvalue weighted by Gasteiger charge is -2.19. The first-order valence-electron chi connectivity index (χ1n) is 8.14. The molecule has 2 aromatic heterocycles. The number of aromatic amines is 1. The van der Waals surface area contributed by atoms with Crippen LogP contribution in [0.4, 0.5) is 0 Å². The zero-order chi connectivity index (χ0) is 15.4. The third-order valence-electron chi connectivity index (χ3n) is 4.62. The van der Waals surface area contributed by atoms with E-state index in [2.05, 4.69) is 32.7 Å². The van der Waals surface area contributed by atoms with Crippen molar-refractivity contribution in [1.82, 2.24) is 4.98 Å². The second-order valence-electron chi connectivity index (χ2n) is 6.52. The molecule has 2 aromatic rings. The molecule has 0 saturated heterocycles. The third kappa shape index (κ3) is 3.78. The van der Waals surface area contributed by atoms with Crippen LogP contribution in [0.25, 0.3) is 11.0 Å².